The first-order chi connectivity index (χ1) is 47.8. The molecule has 3 saturated heterocycles. The van der Waals surface area contributed by atoms with Gasteiger partial charge in [0.05, 0.1) is 38.6 Å². The van der Waals surface area contributed by atoms with Crippen molar-refractivity contribution < 1.29 is 89.4 Å². The molecule has 3 heterocycles. The molecule has 17 unspecified atom stereocenters. The summed E-state index contributed by atoms with van der Waals surface area (Å²) >= 11 is 0. The van der Waals surface area contributed by atoms with Crippen LogP contribution in [0.4, 0.5) is 0 Å². The Bertz CT molecular complexity index is 2050. The Morgan fingerprint density at radius 1 is 0.378 bits per heavy atom. The smallest absolute Gasteiger partial charge is 0.220 e. The van der Waals surface area contributed by atoms with Gasteiger partial charge in [-0.2, -0.15) is 0 Å². The van der Waals surface area contributed by atoms with Crippen LogP contribution in [0, 0.1) is 0 Å². The molecule has 3 aliphatic heterocycles. The van der Waals surface area contributed by atoms with E-state index in [9.17, 15) is 61.0 Å². The second-order valence-corrected chi connectivity index (χ2v) is 27.8. The minimum Gasteiger partial charge on any atom is -0.394 e. The van der Waals surface area contributed by atoms with Gasteiger partial charge in [-0.15, -0.1) is 0 Å². The van der Waals surface area contributed by atoms with Gasteiger partial charge < -0.3 is 89.9 Å². The third-order valence-corrected chi connectivity index (χ3v) is 19.3. The first-order valence-electron chi connectivity index (χ1n) is 39.2. The number of hydrogen-bond acceptors (Lipinski definition) is 18. The van der Waals surface area contributed by atoms with Crippen LogP contribution >= 0.6 is 0 Å². The zero-order valence-corrected chi connectivity index (χ0v) is 60.8. The summed E-state index contributed by atoms with van der Waals surface area (Å²) < 4.78 is 34.4. The third-order valence-electron chi connectivity index (χ3n) is 19.3. The van der Waals surface area contributed by atoms with Gasteiger partial charge in [0.15, 0.2) is 18.9 Å². The molecular weight excluding hydrogens is 1250 g/mol. The van der Waals surface area contributed by atoms with Crippen molar-refractivity contribution in [1.29, 1.82) is 0 Å². The highest BCUT2D eigenvalue weighted by molar-refractivity contribution is 5.76. The van der Waals surface area contributed by atoms with Gasteiger partial charge in [0.1, 0.15) is 73.2 Å². The molecule has 0 bridgehead atoms. The van der Waals surface area contributed by atoms with E-state index < -0.39 is 124 Å². The van der Waals surface area contributed by atoms with Crippen molar-refractivity contribution in [3.05, 3.63) is 72.9 Å². The predicted molar refractivity (Wildman–Crippen MR) is 388 cm³/mol. The van der Waals surface area contributed by atoms with E-state index in [1.807, 2.05) is 0 Å². The van der Waals surface area contributed by atoms with Gasteiger partial charge in [0.25, 0.3) is 0 Å². The lowest BCUT2D eigenvalue weighted by Crippen LogP contribution is -2.66. The molecule has 0 saturated carbocycles. The highest BCUT2D eigenvalue weighted by atomic mass is 16.8. The normalized spacial score (nSPS) is 27.1. The molecule has 570 valence electrons. The van der Waals surface area contributed by atoms with Crippen LogP contribution in [-0.4, -0.2) is 193 Å². The Kier molecular flexibility index (Phi) is 54.4. The van der Waals surface area contributed by atoms with Gasteiger partial charge in [-0.1, -0.05) is 292 Å². The van der Waals surface area contributed by atoms with E-state index >= 15 is 0 Å². The summed E-state index contributed by atoms with van der Waals surface area (Å²) in [5.74, 6) is -0.240. The van der Waals surface area contributed by atoms with E-state index in [-0.39, 0.29) is 18.9 Å². The second-order valence-electron chi connectivity index (χ2n) is 27.8. The Morgan fingerprint density at radius 3 is 1.10 bits per heavy atom. The van der Waals surface area contributed by atoms with Crippen molar-refractivity contribution in [1.82, 2.24) is 5.32 Å². The number of nitrogens with one attached hydrogen (secondary N) is 1. The van der Waals surface area contributed by atoms with Crippen LogP contribution < -0.4 is 5.32 Å². The molecule has 0 spiro atoms. The fraction of sp³-hybridized carbons (Fsp3) is 0.835. The van der Waals surface area contributed by atoms with Crippen molar-refractivity contribution in [2.24, 2.45) is 0 Å². The second kappa shape index (κ2) is 59.6. The predicted octanol–water partition coefficient (Wildman–Crippen LogP) is 12.4. The van der Waals surface area contributed by atoms with Crippen molar-refractivity contribution in [2.75, 3.05) is 26.4 Å². The number of rotatable bonds is 61. The summed E-state index contributed by atoms with van der Waals surface area (Å²) in [6.45, 7) is 1.70. The maximum atomic E-state index is 13.5. The largest absolute Gasteiger partial charge is 0.394 e. The lowest BCUT2D eigenvalue weighted by Gasteiger charge is -2.48. The summed E-state index contributed by atoms with van der Waals surface area (Å²) in [6.07, 6.45) is 50.1. The number of allylic oxidation sites excluding steroid dienone is 12. The molecule has 0 aromatic carbocycles. The van der Waals surface area contributed by atoms with Crippen LogP contribution in [0.3, 0.4) is 0 Å². The van der Waals surface area contributed by atoms with Crippen LogP contribution in [0.2, 0.25) is 0 Å². The molecule has 3 aliphatic rings. The van der Waals surface area contributed by atoms with Crippen molar-refractivity contribution in [2.45, 2.75) is 394 Å². The quantitative estimate of drug-likeness (QED) is 0.0199. The topological polar surface area (TPSA) is 307 Å². The molecule has 0 radical (unpaired) electrons. The number of hydrogen-bond donors (Lipinski definition) is 12. The maximum absolute atomic E-state index is 13.5. The zero-order chi connectivity index (χ0) is 71.1. The highest BCUT2D eigenvalue weighted by Gasteiger charge is 2.54. The van der Waals surface area contributed by atoms with Gasteiger partial charge in [-0.3, -0.25) is 4.79 Å². The summed E-state index contributed by atoms with van der Waals surface area (Å²) in [4.78, 5) is 13.5. The third kappa shape index (κ3) is 39.8. The van der Waals surface area contributed by atoms with Crippen LogP contribution in [-0.2, 0) is 33.2 Å². The molecule has 1 amide bonds. The van der Waals surface area contributed by atoms with Gasteiger partial charge in [-0.05, 0) is 64.2 Å². The molecule has 12 N–H and O–H groups in total. The average molecular weight is 1390 g/mol. The molecule has 0 aromatic heterocycles. The molecule has 19 nitrogen and oxygen atoms in total. The van der Waals surface area contributed by atoms with Crippen LogP contribution in [0.1, 0.15) is 290 Å². The monoisotopic (exact) mass is 1390 g/mol. The molecule has 0 aliphatic carbocycles. The molecule has 98 heavy (non-hydrogen) atoms. The Balaban J connectivity index is 1.29. The molecule has 3 rings (SSSR count). The van der Waals surface area contributed by atoms with Crippen molar-refractivity contribution >= 4 is 5.91 Å². The molecule has 3 fully saturated rings. The summed E-state index contributed by atoms with van der Waals surface area (Å²) in [5.41, 5.74) is 0. The van der Waals surface area contributed by atoms with E-state index in [0.29, 0.717) is 12.8 Å². The SMILES string of the molecule is CC/C=C\C/C=C\C/C=C\C/C=C\C/C=C\C/C=C\CCCCCCCCCCCCCCCCCCCCCCC(=O)NC(COC1OC(CO)C(OC2OC(CO)C(OC3OC(CO)C(O)C(O)C3O)C(O)C2O)C(O)C1O)C(O)CCCCCCCCCCCCCCCC. The number of amides is 1. The van der Waals surface area contributed by atoms with Crippen LogP contribution in [0.5, 0.6) is 0 Å². The van der Waals surface area contributed by atoms with Crippen molar-refractivity contribution in [3.8, 4) is 0 Å². The Labute approximate surface area is 591 Å². The molecule has 19 heteroatoms. The number of unbranched alkanes of at least 4 members (excludes halogenated alkanes) is 33. The fourth-order valence-electron chi connectivity index (χ4n) is 13.0. The lowest BCUT2D eigenvalue weighted by atomic mass is 9.96. The van der Waals surface area contributed by atoms with Crippen LogP contribution in [0.25, 0.3) is 0 Å². The Morgan fingerprint density at radius 2 is 0.704 bits per heavy atom. The number of carbonyl (C=O) groups excluding carboxylic acids is 1. The molecular formula is C79H141NO18. The Hall–Kier alpha value is -2.77. The number of aliphatic hydroxyl groups is 11. The minimum atomic E-state index is -1.97. The molecule has 0 aromatic rings. The number of aliphatic hydroxyl groups excluding tert-OH is 11. The minimum absolute atomic E-state index is 0.240. The van der Waals surface area contributed by atoms with E-state index in [4.69, 9.17) is 28.4 Å². The van der Waals surface area contributed by atoms with E-state index in [0.717, 1.165) is 83.5 Å². The van der Waals surface area contributed by atoms with E-state index in [1.54, 1.807) is 0 Å². The van der Waals surface area contributed by atoms with E-state index in [1.165, 1.54) is 173 Å². The number of carbonyl (C=O) groups is 1. The maximum Gasteiger partial charge on any atom is 0.220 e. The van der Waals surface area contributed by atoms with Gasteiger partial charge >= 0.3 is 0 Å². The van der Waals surface area contributed by atoms with Gasteiger partial charge in [0.2, 0.25) is 5.91 Å². The molecule has 17 atom stereocenters. The first-order valence-corrected chi connectivity index (χ1v) is 39.2. The van der Waals surface area contributed by atoms with Gasteiger partial charge in [0, 0.05) is 6.42 Å². The number of ether oxygens (including phenoxy) is 6. The summed E-state index contributed by atoms with van der Waals surface area (Å²) in [5, 5.41) is 121. The average Bonchev–Trinajstić information content (AvgIpc) is 0.785. The zero-order valence-electron chi connectivity index (χ0n) is 60.8. The standard InChI is InChI=1S/C79H141NO18/c1-3-5-7-9-11-13-15-17-19-20-21-22-23-24-25-26-27-28-29-30-31-32-33-34-35-36-37-38-39-40-41-42-43-45-47-49-51-53-55-57-67(85)80-62(63(84)56-54-52-50-48-46-44-18-16-14-12-10-8-6-4-2)61-93-77-73(91)70(88)75(65(59-82)95-77)98-79-74(92)71(89)76(66(60-83)96-79)97-78-72(90)69(87)68(86)64(58-81)94-78/h5,7,11,13,17,19,21-22,24-25,27-28,62-66,68-79,81-84,86-92H,3-4,6,8-10,12,14-16,18,20,23,26,29-61H2,1-2H3,(H,80,85)/b7-5-,13-11-,19-17-,22-21-,25-24-,28-27-. The van der Waals surface area contributed by atoms with Crippen molar-refractivity contribution in [3.63, 3.8) is 0 Å². The summed E-state index contributed by atoms with van der Waals surface area (Å²) in [7, 11) is 0. The lowest BCUT2D eigenvalue weighted by molar-refractivity contribution is -0.379. The van der Waals surface area contributed by atoms with Gasteiger partial charge in [-0.25, -0.2) is 0 Å². The van der Waals surface area contributed by atoms with E-state index in [2.05, 4.69) is 92.1 Å². The fourth-order valence-corrected chi connectivity index (χ4v) is 13.0. The highest BCUT2D eigenvalue weighted by Crippen LogP contribution is 2.33. The summed E-state index contributed by atoms with van der Waals surface area (Å²) in [6, 6.07) is -0.888. The van der Waals surface area contributed by atoms with Crippen LogP contribution in [0.15, 0.2) is 72.9 Å². The first kappa shape index (κ1) is 89.4.